The standard InChI is InChI=1S/C26H21F2N3O4/c27-26(28)20-6-2-1-5-18(20)19-10-15(7-8-21(19)26)24(33)30-13-23(32)31-14-17(11-22(31)25(34)35)16-4-3-9-29-12-16/h1-10,12,17,22H,11,13-14H2,(H,30,33)(H,34,35)/t17-,22-/m0/s1. The second-order valence-corrected chi connectivity index (χ2v) is 8.68. The third kappa shape index (κ3) is 3.92. The van der Waals surface area contributed by atoms with E-state index in [1.165, 1.54) is 29.2 Å². The zero-order chi connectivity index (χ0) is 24.7. The van der Waals surface area contributed by atoms with Gasteiger partial charge in [-0.1, -0.05) is 36.4 Å². The summed E-state index contributed by atoms with van der Waals surface area (Å²) in [6.07, 6.45) is 3.51. The van der Waals surface area contributed by atoms with E-state index in [1.54, 1.807) is 36.7 Å². The van der Waals surface area contributed by atoms with Crippen molar-refractivity contribution in [3.63, 3.8) is 0 Å². The van der Waals surface area contributed by atoms with Crippen LogP contribution in [0.5, 0.6) is 0 Å². The number of likely N-dealkylation sites (tertiary alicyclic amines) is 1. The maximum atomic E-state index is 14.7. The molecular weight excluding hydrogens is 456 g/mol. The van der Waals surface area contributed by atoms with E-state index in [9.17, 15) is 28.3 Å². The van der Waals surface area contributed by atoms with Gasteiger partial charge < -0.3 is 15.3 Å². The molecule has 0 radical (unpaired) electrons. The molecule has 35 heavy (non-hydrogen) atoms. The zero-order valence-electron chi connectivity index (χ0n) is 18.4. The lowest BCUT2D eigenvalue weighted by Crippen LogP contribution is -2.45. The highest BCUT2D eigenvalue weighted by Crippen LogP contribution is 2.50. The average Bonchev–Trinajstić information content (AvgIpc) is 3.41. The second kappa shape index (κ2) is 8.57. The number of carboxylic acid groups (broad SMARTS) is 1. The Bertz CT molecular complexity index is 1330. The minimum Gasteiger partial charge on any atom is -0.480 e. The molecule has 0 bridgehead atoms. The lowest BCUT2D eigenvalue weighted by atomic mass is 9.98. The van der Waals surface area contributed by atoms with Gasteiger partial charge in [0.1, 0.15) is 6.04 Å². The summed E-state index contributed by atoms with van der Waals surface area (Å²) in [6.45, 7) is -0.214. The first kappa shape index (κ1) is 22.6. The van der Waals surface area contributed by atoms with Crippen LogP contribution in [-0.4, -0.2) is 51.9 Å². The van der Waals surface area contributed by atoms with E-state index in [-0.39, 0.29) is 41.1 Å². The predicted molar refractivity (Wildman–Crippen MR) is 122 cm³/mol. The van der Waals surface area contributed by atoms with Gasteiger partial charge in [0, 0.05) is 41.5 Å². The smallest absolute Gasteiger partial charge is 0.326 e. The number of nitrogens with zero attached hydrogens (tertiary/aromatic N) is 2. The molecule has 0 saturated carbocycles. The lowest BCUT2D eigenvalue weighted by molar-refractivity contribution is -0.147. The molecule has 1 aliphatic heterocycles. The van der Waals surface area contributed by atoms with Crippen LogP contribution >= 0.6 is 0 Å². The minimum absolute atomic E-state index is 0.111. The molecule has 2 heterocycles. The van der Waals surface area contributed by atoms with E-state index < -0.39 is 36.3 Å². The van der Waals surface area contributed by atoms with Crippen LogP contribution in [0.25, 0.3) is 11.1 Å². The number of aliphatic carboxylic acids is 1. The molecule has 5 rings (SSSR count). The first-order valence-electron chi connectivity index (χ1n) is 11.1. The van der Waals surface area contributed by atoms with E-state index in [0.717, 1.165) is 5.56 Å². The summed E-state index contributed by atoms with van der Waals surface area (Å²) in [4.78, 5) is 42.6. The SMILES string of the molecule is O=C(NCC(=O)N1C[C@@H](c2cccnc2)C[C@H]1C(=O)O)c1ccc2c(c1)-c1ccccc1C2(F)F. The van der Waals surface area contributed by atoms with Crippen LogP contribution in [0.3, 0.4) is 0 Å². The molecule has 0 spiro atoms. The fourth-order valence-electron chi connectivity index (χ4n) is 4.88. The number of amides is 2. The van der Waals surface area contributed by atoms with Gasteiger partial charge in [0.25, 0.3) is 11.8 Å². The van der Waals surface area contributed by atoms with Crippen LogP contribution in [0, 0.1) is 0 Å². The molecule has 1 aromatic heterocycles. The molecule has 0 unspecified atom stereocenters. The van der Waals surface area contributed by atoms with Gasteiger partial charge >= 0.3 is 5.97 Å². The molecule has 7 nitrogen and oxygen atoms in total. The number of carboxylic acids is 1. The number of hydrogen-bond donors (Lipinski definition) is 2. The Balaban J connectivity index is 1.30. The molecule has 2 aromatic carbocycles. The van der Waals surface area contributed by atoms with Gasteiger partial charge in [0.15, 0.2) is 0 Å². The number of carbonyl (C=O) groups is 3. The summed E-state index contributed by atoms with van der Waals surface area (Å²) >= 11 is 0. The Morgan fingerprint density at radius 1 is 1.06 bits per heavy atom. The molecular formula is C26H21F2N3O4. The molecule has 1 saturated heterocycles. The number of halogens is 2. The van der Waals surface area contributed by atoms with Crippen LogP contribution in [0.15, 0.2) is 67.0 Å². The summed E-state index contributed by atoms with van der Waals surface area (Å²) in [6, 6.07) is 12.6. The van der Waals surface area contributed by atoms with Gasteiger partial charge in [-0.2, -0.15) is 8.78 Å². The van der Waals surface area contributed by atoms with Crippen LogP contribution < -0.4 is 5.32 Å². The number of hydrogen-bond acceptors (Lipinski definition) is 4. The van der Waals surface area contributed by atoms with Gasteiger partial charge in [0.2, 0.25) is 5.91 Å². The highest BCUT2D eigenvalue weighted by atomic mass is 19.3. The number of aromatic nitrogens is 1. The van der Waals surface area contributed by atoms with E-state index >= 15 is 0 Å². The van der Waals surface area contributed by atoms with Crippen molar-refractivity contribution in [2.75, 3.05) is 13.1 Å². The molecule has 2 N–H and O–H groups in total. The van der Waals surface area contributed by atoms with Crippen molar-refractivity contribution < 1.29 is 28.3 Å². The Morgan fingerprint density at radius 3 is 2.57 bits per heavy atom. The third-order valence-electron chi connectivity index (χ3n) is 6.64. The molecule has 178 valence electrons. The summed E-state index contributed by atoms with van der Waals surface area (Å²) in [5, 5.41) is 12.1. The molecule has 2 aliphatic rings. The molecule has 3 aromatic rings. The van der Waals surface area contributed by atoms with Gasteiger partial charge in [-0.15, -0.1) is 0 Å². The van der Waals surface area contributed by atoms with Crippen molar-refractivity contribution in [1.82, 2.24) is 15.2 Å². The number of fused-ring (bicyclic) bond motifs is 3. The van der Waals surface area contributed by atoms with Gasteiger partial charge in [-0.3, -0.25) is 14.6 Å². The summed E-state index contributed by atoms with van der Waals surface area (Å²) in [7, 11) is 0. The normalized spacial score (nSPS) is 19.7. The first-order valence-corrected chi connectivity index (χ1v) is 11.1. The van der Waals surface area contributed by atoms with E-state index in [2.05, 4.69) is 10.3 Å². The number of rotatable bonds is 5. The van der Waals surface area contributed by atoms with Crippen molar-refractivity contribution >= 4 is 17.8 Å². The Kier molecular flexibility index (Phi) is 5.55. The van der Waals surface area contributed by atoms with E-state index in [0.29, 0.717) is 5.56 Å². The average molecular weight is 477 g/mol. The van der Waals surface area contributed by atoms with Crippen LogP contribution in [-0.2, 0) is 15.5 Å². The fourth-order valence-corrected chi connectivity index (χ4v) is 4.88. The summed E-state index contributed by atoms with van der Waals surface area (Å²) in [5.74, 6) is -5.58. The van der Waals surface area contributed by atoms with Crippen molar-refractivity contribution in [2.24, 2.45) is 0 Å². The number of nitrogens with one attached hydrogen (secondary N) is 1. The highest BCUT2D eigenvalue weighted by Gasteiger charge is 2.44. The van der Waals surface area contributed by atoms with Crippen molar-refractivity contribution in [2.45, 2.75) is 24.3 Å². The van der Waals surface area contributed by atoms with Gasteiger partial charge in [0.05, 0.1) is 6.54 Å². The molecule has 1 aliphatic carbocycles. The van der Waals surface area contributed by atoms with Crippen molar-refractivity contribution in [3.05, 3.63) is 89.2 Å². The van der Waals surface area contributed by atoms with Crippen molar-refractivity contribution in [1.29, 1.82) is 0 Å². The minimum atomic E-state index is -3.15. The molecule has 9 heteroatoms. The van der Waals surface area contributed by atoms with Crippen LogP contribution in [0.2, 0.25) is 0 Å². The number of carbonyl (C=O) groups excluding carboxylic acids is 2. The zero-order valence-corrected chi connectivity index (χ0v) is 18.4. The second-order valence-electron chi connectivity index (χ2n) is 8.68. The quantitative estimate of drug-likeness (QED) is 0.587. The van der Waals surface area contributed by atoms with Gasteiger partial charge in [-0.25, -0.2) is 4.79 Å². The monoisotopic (exact) mass is 477 g/mol. The highest BCUT2D eigenvalue weighted by molar-refractivity contribution is 5.99. The Morgan fingerprint density at radius 2 is 1.83 bits per heavy atom. The van der Waals surface area contributed by atoms with E-state index in [1.807, 2.05) is 6.07 Å². The third-order valence-corrected chi connectivity index (χ3v) is 6.64. The number of pyridine rings is 1. The summed E-state index contributed by atoms with van der Waals surface area (Å²) < 4.78 is 29.5. The molecule has 2 atom stereocenters. The van der Waals surface area contributed by atoms with Crippen LogP contribution in [0.4, 0.5) is 8.78 Å². The topological polar surface area (TPSA) is 99.6 Å². The first-order chi connectivity index (χ1) is 16.8. The Hall–Kier alpha value is -4.14. The predicted octanol–water partition coefficient (Wildman–Crippen LogP) is 3.40. The fraction of sp³-hybridized carbons (Fsp3) is 0.231. The lowest BCUT2D eigenvalue weighted by Gasteiger charge is -2.21. The largest absolute Gasteiger partial charge is 0.480 e. The van der Waals surface area contributed by atoms with Gasteiger partial charge in [-0.05, 0) is 41.3 Å². The number of benzene rings is 2. The van der Waals surface area contributed by atoms with Crippen LogP contribution in [0.1, 0.15) is 39.4 Å². The molecule has 1 fully saturated rings. The summed E-state index contributed by atoms with van der Waals surface area (Å²) in [5.41, 5.74) is 1.33. The maximum absolute atomic E-state index is 14.7. The van der Waals surface area contributed by atoms with Crippen molar-refractivity contribution in [3.8, 4) is 11.1 Å². The van der Waals surface area contributed by atoms with E-state index in [4.69, 9.17) is 0 Å². The maximum Gasteiger partial charge on any atom is 0.326 e. The Labute approximate surface area is 199 Å². The number of alkyl halides is 2. The molecule has 2 amide bonds.